The molecule has 0 unspecified atom stereocenters. The summed E-state index contributed by atoms with van der Waals surface area (Å²) in [6.45, 7) is 0. The van der Waals surface area contributed by atoms with Gasteiger partial charge in [0.25, 0.3) is 0 Å². The van der Waals surface area contributed by atoms with Crippen LogP contribution < -0.4 is 0 Å². The van der Waals surface area contributed by atoms with E-state index in [2.05, 4.69) is 4.98 Å². The lowest BCUT2D eigenvalue weighted by Crippen LogP contribution is -2.08. The van der Waals surface area contributed by atoms with E-state index >= 15 is 0 Å². The molecule has 1 aromatic heterocycles. The summed E-state index contributed by atoms with van der Waals surface area (Å²) >= 11 is 0. The van der Waals surface area contributed by atoms with Gasteiger partial charge in [0.1, 0.15) is 0 Å². The summed E-state index contributed by atoms with van der Waals surface area (Å²) in [4.78, 5) is 14.0. The normalized spacial score (nSPS) is 11.3. The lowest BCUT2D eigenvalue weighted by atomic mass is 10.2. The van der Waals surface area contributed by atoms with E-state index in [0.717, 1.165) is 18.3 Å². The van der Waals surface area contributed by atoms with Crippen molar-refractivity contribution in [2.75, 3.05) is 0 Å². The van der Waals surface area contributed by atoms with Crippen LogP contribution >= 0.6 is 0 Å². The highest BCUT2D eigenvalue weighted by Gasteiger charge is 2.18. The molecule has 5 nitrogen and oxygen atoms in total. The van der Waals surface area contributed by atoms with Crippen molar-refractivity contribution >= 4 is 15.8 Å². The van der Waals surface area contributed by atoms with Crippen LogP contribution in [-0.4, -0.2) is 24.5 Å². The van der Waals surface area contributed by atoms with Gasteiger partial charge >= 0.3 is 5.97 Å². The average molecular weight is 313 g/mol. The molecule has 0 saturated heterocycles. The molecular formula is C13H9F2NO4S. The Bertz CT molecular complexity index is 788. The minimum Gasteiger partial charge on any atom is -0.478 e. The summed E-state index contributed by atoms with van der Waals surface area (Å²) in [6, 6.07) is 4.74. The highest BCUT2D eigenvalue weighted by molar-refractivity contribution is 7.90. The molecule has 0 spiro atoms. The van der Waals surface area contributed by atoms with Gasteiger partial charge in [0.2, 0.25) is 0 Å². The molecule has 0 radical (unpaired) electrons. The third-order valence-electron chi connectivity index (χ3n) is 2.66. The Morgan fingerprint density at radius 3 is 2.38 bits per heavy atom. The van der Waals surface area contributed by atoms with Crippen LogP contribution in [0.1, 0.15) is 16.1 Å². The molecule has 8 heteroatoms. The first kappa shape index (κ1) is 15.0. The van der Waals surface area contributed by atoms with Crippen LogP contribution in [0.2, 0.25) is 0 Å². The summed E-state index contributed by atoms with van der Waals surface area (Å²) in [5.41, 5.74) is 0.0220. The molecule has 0 bridgehead atoms. The van der Waals surface area contributed by atoms with Crippen LogP contribution in [0, 0.1) is 11.6 Å². The number of carboxylic acid groups (broad SMARTS) is 1. The maximum Gasteiger partial charge on any atom is 0.337 e. The number of pyridine rings is 1. The van der Waals surface area contributed by atoms with Crippen LogP contribution in [0.25, 0.3) is 0 Å². The SMILES string of the molecule is O=C(O)c1ccc(CS(=O)(=O)c2ccc(F)c(F)c2)nc1. The first-order valence-corrected chi connectivity index (χ1v) is 7.31. The molecular weight excluding hydrogens is 304 g/mol. The second-order valence-electron chi connectivity index (χ2n) is 4.18. The van der Waals surface area contributed by atoms with Gasteiger partial charge in [0.15, 0.2) is 21.5 Å². The zero-order chi connectivity index (χ0) is 15.6. The Morgan fingerprint density at radius 2 is 1.86 bits per heavy atom. The standard InChI is InChI=1S/C13H9F2NO4S/c14-11-4-3-10(5-12(11)15)21(19,20)7-9-2-1-8(6-16-9)13(17)18/h1-6H,7H2,(H,17,18). The lowest BCUT2D eigenvalue weighted by molar-refractivity contribution is 0.0696. The largest absolute Gasteiger partial charge is 0.478 e. The van der Waals surface area contributed by atoms with Gasteiger partial charge in [-0.25, -0.2) is 22.0 Å². The van der Waals surface area contributed by atoms with Gasteiger partial charge in [-0.05, 0) is 30.3 Å². The Kier molecular flexibility index (Phi) is 3.99. The van der Waals surface area contributed by atoms with Gasteiger partial charge < -0.3 is 5.11 Å². The van der Waals surface area contributed by atoms with Gasteiger partial charge in [0.05, 0.1) is 21.9 Å². The van der Waals surface area contributed by atoms with Crippen molar-refractivity contribution in [2.45, 2.75) is 10.6 Å². The quantitative estimate of drug-likeness (QED) is 0.873. The van der Waals surface area contributed by atoms with E-state index in [-0.39, 0.29) is 16.2 Å². The molecule has 0 saturated carbocycles. The highest BCUT2D eigenvalue weighted by atomic mass is 32.2. The Labute approximate surface area is 118 Å². The van der Waals surface area contributed by atoms with Crippen molar-refractivity contribution in [3.8, 4) is 0 Å². The zero-order valence-electron chi connectivity index (χ0n) is 10.5. The number of hydrogen-bond donors (Lipinski definition) is 1. The Morgan fingerprint density at radius 1 is 1.14 bits per heavy atom. The van der Waals surface area contributed by atoms with E-state index in [1.807, 2.05) is 0 Å². The molecule has 2 rings (SSSR count). The highest BCUT2D eigenvalue weighted by Crippen LogP contribution is 2.18. The maximum atomic E-state index is 13.1. The molecule has 2 aromatic rings. The van der Waals surface area contributed by atoms with Gasteiger partial charge in [0, 0.05) is 6.20 Å². The predicted molar refractivity (Wildman–Crippen MR) is 68.4 cm³/mol. The fourth-order valence-electron chi connectivity index (χ4n) is 1.58. The summed E-state index contributed by atoms with van der Waals surface area (Å²) < 4.78 is 49.9. The number of sulfone groups is 1. The number of hydrogen-bond acceptors (Lipinski definition) is 4. The second-order valence-corrected chi connectivity index (χ2v) is 6.17. The van der Waals surface area contributed by atoms with Crippen molar-refractivity contribution in [2.24, 2.45) is 0 Å². The molecule has 0 atom stereocenters. The number of carbonyl (C=O) groups is 1. The second kappa shape index (κ2) is 5.57. The van der Waals surface area contributed by atoms with Crippen LogP contribution in [0.15, 0.2) is 41.4 Å². The van der Waals surface area contributed by atoms with Gasteiger partial charge in [-0.2, -0.15) is 0 Å². The molecule has 1 N–H and O–H groups in total. The predicted octanol–water partition coefficient (Wildman–Crippen LogP) is 2.03. The molecule has 0 amide bonds. The summed E-state index contributed by atoms with van der Waals surface area (Å²) in [7, 11) is -3.90. The maximum absolute atomic E-state index is 13.1. The molecule has 1 heterocycles. The molecule has 110 valence electrons. The fraction of sp³-hybridized carbons (Fsp3) is 0.0769. The fourth-order valence-corrected chi connectivity index (χ4v) is 2.87. The lowest BCUT2D eigenvalue weighted by Gasteiger charge is -2.05. The summed E-state index contributed by atoms with van der Waals surface area (Å²) in [6.07, 6.45) is 1.03. The number of benzene rings is 1. The minimum absolute atomic E-state index is 0.0797. The smallest absolute Gasteiger partial charge is 0.337 e. The zero-order valence-corrected chi connectivity index (χ0v) is 11.3. The van der Waals surface area contributed by atoms with Crippen LogP contribution in [0.3, 0.4) is 0 Å². The number of rotatable bonds is 4. The van der Waals surface area contributed by atoms with E-state index in [0.29, 0.717) is 6.07 Å². The number of aromatic nitrogens is 1. The third kappa shape index (κ3) is 3.40. The summed E-state index contributed by atoms with van der Waals surface area (Å²) in [5.74, 6) is -4.13. The Hall–Kier alpha value is -2.35. The summed E-state index contributed by atoms with van der Waals surface area (Å²) in [5, 5.41) is 8.71. The number of carboxylic acids is 1. The third-order valence-corrected chi connectivity index (χ3v) is 4.31. The van der Waals surface area contributed by atoms with Crippen LogP contribution in [-0.2, 0) is 15.6 Å². The van der Waals surface area contributed by atoms with Crippen molar-refractivity contribution in [3.63, 3.8) is 0 Å². The molecule has 0 fully saturated rings. The average Bonchev–Trinajstić information content (AvgIpc) is 2.42. The van der Waals surface area contributed by atoms with Crippen molar-refractivity contribution in [1.82, 2.24) is 4.98 Å². The van der Waals surface area contributed by atoms with E-state index in [1.54, 1.807) is 0 Å². The van der Waals surface area contributed by atoms with Crippen molar-refractivity contribution in [1.29, 1.82) is 0 Å². The van der Waals surface area contributed by atoms with Crippen LogP contribution in [0.4, 0.5) is 8.78 Å². The van der Waals surface area contributed by atoms with E-state index < -0.39 is 33.2 Å². The first-order valence-electron chi connectivity index (χ1n) is 5.65. The van der Waals surface area contributed by atoms with E-state index in [9.17, 15) is 22.0 Å². The molecule has 0 aliphatic heterocycles. The van der Waals surface area contributed by atoms with E-state index in [1.165, 1.54) is 12.1 Å². The topological polar surface area (TPSA) is 84.3 Å². The monoisotopic (exact) mass is 313 g/mol. The molecule has 0 aliphatic rings. The molecule has 21 heavy (non-hydrogen) atoms. The minimum atomic E-state index is -3.90. The van der Waals surface area contributed by atoms with Crippen molar-refractivity contribution in [3.05, 3.63) is 59.4 Å². The van der Waals surface area contributed by atoms with Gasteiger partial charge in [-0.3, -0.25) is 4.98 Å². The Balaban J connectivity index is 2.28. The molecule has 1 aromatic carbocycles. The van der Waals surface area contributed by atoms with Gasteiger partial charge in [-0.1, -0.05) is 0 Å². The molecule has 0 aliphatic carbocycles. The van der Waals surface area contributed by atoms with E-state index in [4.69, 9.17) is 5.11 Å². The number of halogens is 2. The van der Waals surface area contributed by atoms with Crippen LogP contribution in [0.5, 0.6) is 0 Å². The van der Waals surface area contributed by atoms with Gasteiger partial charge in [-0.15, -0.1) is 0 Å². The number of nitrogens with zero attached hydrogens (tertiary/aromatic N) is 1. The number of aromatic carboxylic acids is 1. The van der Waals surface area contributed by atoms with Crippen molar-refractivity contribution < 1.29 is 27.1 Å². The first-order chi connectivity index (χ1) is 9.79.